The summed E-state index contributed by atoms with van der Waals surface area (Å²) in [5.41, 5.74) is 3.32. The lowest BCUT2D eigenvalue weighted by molar-refractivity contribution is -0.120. The Morgan fingerprint density at radius 3 is 2.00 bits per heavy atom. The smallest absolute Gasteiger partial charge is 0.259 e. The Labute approximate surface area is 181 Å². The number of carbonyl (C=O) groups excluding carboxylic acids is 1. The summed E-state index contributed by atoms with van der Waals surface area (Å²) in [5.74, 6) is -0.0572. The second-order valence-electron chi connectivity index (χ2n) is 7.62. The molecule has 1 saturated heterocycles. The van der Waals surface area contributed by atoms with Gasteiger partial charge in [-0.3, -0.25) is 9.69 Å². The quantitative estimate of drug-likeness (QED) is 0.495. The Balaban J connectivity index is 1.62. The lowest BCUT2D eigenvalue weighted by Gasteiger charge is -2.29. The van der Waals surface area contributed by atoms with E-state index < -0.39 is 5.54 Å². The number of anilines is 2. The van der Waals surface area contributed by atoms with E-state index in [-0.39, 0.29) is 5.91 Å². The van der Waals surface area contributed by atoms with E-state index in [4.69, 9.17) is 23.8 Å². The predicted octanol–water partition coefficient (Wildman–Crippen LogP) is 5.85. The van der Waals surface area contributed by atoms with Crippen LogP contribution in [0.4, 0.5) is 11.4 Å². The standard InChI is InChI=1S/C24H21ClN2OS/c1-24(2)22(28)26(20-14-10-19(25)11-15-20)23(29)27(24)21-12-8-18(9-13-21)16-17-6-4-3-5-7-17/h3-15H,16H2,1-2H3. The van der Waals surface area contributed by atoms with Crippen LogP contribution in [0, 0.1) is 0 Å². The Morgan fingerprint density at radius 2 is 1.38 bits per heavy atom. The van der Waals surface area contributed by atoms with Gasteiger partial charge in [0.2, 0.25) is 0 Å². The summed E-state index contributed by atoms with van der Waals surface area (Å²) < 4.78 is 0. The van der Waals surface area contributed by atoms with Gasteiger partial charge in [0.15, 0.2) is 5.11 Å². The van der Waals surface area contributed by atoms with E-state index in [1.165, 1.54) is 11.1 Å². The minimum atomic E-state index is -0.780. The second kappa shape index (κ2) is 7.62. The second-order valence-corrected chi connectivity index (χ2v) is 8.42. The summed E-state index contributed by atoms with van der Waals surface area (Å²) in [6, 6.07) is 25.8. The zero-order valence-electron chi connectivity index (χ0n) is 16.3. The van der Waals surface area contributed by atoms with Crippen molar-refractivity contribution in [3.05, 3.63) is 95.0 Å². The molecule has 0 spiro atoms. The molecule has 1 heterocycles. The highest BCUT2D eigenvalue weighted by Crippen LogP contribution is 2.36. The number of rotatable bonds is 4. The Morgan fingerprint density at radius 1 is 0.828 bits per heavy atom. The lowest BCUT2D eigenvalue weighted by atomic mass is 10.0. The summed E-state index contributed by atoms with van der Waals surface area (Å²) in [5, 5.41) is 1.09. The molecule has 1 amide bonds. The van der Waals surface area contributed by atoms with Crippen LogP contribution in [0.15, 0.2) is 78.9 Å². The first-order valence-electron chi connectivity index (χ1n) is 9.45. The van der Waals surface area contributed by atoms with Gasteiger partial charge < -0.3 is 4.90 Å². The van der Waals surface area contributed by atoms with Gasteiger partial charge in [-0.1, -0.05) is 54.1 Å². The average molecular weight is 421 g/mol. The van der Waals surface area contributed by atoms with Crippen LogP contribution < -0.4 is 9.80 Å². The molecule has 1 aliphatic rings. The molecule has 0 N–H and O–H groups in total. The fraction of sp³-hybridized carbons (Fsp3) is 0.167. The molecule has 1 aliphatic heterocycles. The van der Waals surface area contributed by atoms with Gasteiger partial charge in [0.05, 0.1) is 5.69 Å². The number of thiocarbonyl (C=S) groups is 1. The van der Waals surface area contributed by atoms with Gasteiger partial charge in [-0.25, -0.2) is 0 Å². The van der Waals surface area contributed by atoms with Gasteiger partial charge in [0.1, 0.15) is 5.54 Å². The average Bonchev–Trinajstić information content (AvgIpc) is 2.89. The molecule has 3 aromatic rings. The molecular formula is C24H21ClN2OS. The largest absolute Gasteiger partial charge is 0.304 e. The molecule has 4 rings (SSSR count). The van der Waals surface area contributed by atoms with Crippen LogP contribution >= 0.6 is 23.8 Å². The van der Waals surface area contributed by atoms with Crippen molar-refractivity contribution in [1.29, 1.82) is 0 Å². The Hall–Kier alpha value is -2.69. The van der Waals surface area contributed by atoms with Gasteiger partial charge in [0, 0.05) is 10.7 Å². The van der Waals surface area contributed by atoms with Crippen LogP contribution in [-0.2, 0) is 11.2 Å². The Kier molecular flexibility index (Phi) is 5.15. The molecule has 0 aromatic heterocycles. The van der Waals surface area contributed by atoms with E-state index >= 15 is 0 Å². The highest BCUT2D eigenvalue weighted by molar-refractivity contribution is 7.81. The molecule has 0 unspecified atom stereocenters. The number of nitrogens with zero attached hydrogens (tertiary/aromatic N) is 2. The van der Waals surface area contributed by atoms with E-state index in [1.807, 2.05) is 61.2 Å². The topological polar surface area (TPSA) is 23.6 Å². The summed E-state index contributed by atoms with van der Waals surface area (Å²) in [7, 11) is 0. The van der Waals surface area contributed by atoms with Crippen molar-refractivity contribution in [2.45, 2.75) is 25.8 Å². The van der Waals surface area contributed by atoms with E-state index in [0.717, 1.165) is 17.8 Å². The predicted molar refractivity (Wildman–Crippen MR) is 124 cm³/mol. The van der Waals surface area contributed by atoms with E-state index in [1.54, 1.807) is 17.0 Å². The highest BCUT2D eigenvalue weighted by atomic mass is 35.5. The molecule has 0 aliphatic carbocycles. The summed E-state index contributed by atoms with van der Waals surface area (Å²) >= 11 is 11.7. The van der Waals surface area contributed by atoms with Crippen molar-refractivity contribution in [2.24, 2.45) is 0 Å². The lowest BCUT2D eigenvalue weighted by Crippen LogP contribution is -2.44. The maximum Gasteiger partial charge on any atom is 0.259 e. The van der Waals surface area contributed by atoms with Crippen LogP contribution in [-0.4, -0.2) is 16.6 Å². The number of carbonyl (C=O) groups is 1. The third-order valence-electron chi connectivity index (χ3n) is 5.20. The molecule has 29 heavy (non-hydrogen) atoms. The molecule has 0 radical (unpaired) electrons. The van der Waals surface area contributed by atoms with E-state index in [0.29, 0.717) is 10.1 Å². The minimum Gasteiger partial charge on any atom is -0.304 e. The van der Waals surface area contributed by atoms with E-state index in [9.17, 15) is 4.79 Å². The molecule has 0 saturated carbocycles. The zero-order valence-corrected chi connectivity index (χ0v) is 17.9. The highest BCUT2D eigenvalue weighted by Gasteiger charge is 2.50. The monoisotopic (exact) mass is 420 g/mol. The molecule has 3 nitrogen and oxygen atoms in total. The number of benzene rings is 3. The van der Waals surface area contributed by atoms with Gasteiger partial charge in [-0.2, -0.15) is 0 Å². The van der Waals surface area contributed by atoms with Crippen LogP contribution in [0.5, 0.6) is 0 Å². The summed E-state index contributed by atoms with van der Waals surface area (Å²) in [6.45, 7) is 3.80. The normalized spacial score (nSPS) is 15.8. The van der Waals surface area contributed by atoms with Crippen molar-refractivity contribution in [1.82, 2.24) is 0 Å². The molecule has 0 bridgehead atoms. The molecule has 146 valence electrons. The number of hydrogen-bond acceptors (Lipinski definition) is 2. The minimum absolute atomic E-state index is 0.0572. The van der Waals surface area contributed by atoms with Gasteiger partial charge in [0.25, 0.3) is 5.91 Å². The maximum atomic E-state index is 13.2. The summed E-state index contributed by atoms with van der Waals surface area (Å²) in [4.78, 5) is 16.7. The van der Waals surface area contributed by atoms with E-state index in [2.05, 4.69) is 24.3 Å². The molecule has 1 fully saturated rings. The van der Waals surface area contributed by atoms with Crippen molar-refractivity contribution >= 4 is 46.2 Å². The third kappa shape index (κ3) is 3.66. The SMILES string of the molecule is CC1(C)C(=O)N(c2ccc(Cl)cc2)C(=S)N1c1ccc(Cc2ccccc2)cc1. The van der Waals surface area contributed by atoms with Crippen LogP contribution in [0.1, 0.15) is 25.0 Å². The van der Waals surface area contributed by atoms with Crippen molar-refractivity contribution in [3.63, 3.8) is 0 Å². The van der Waals surface area contributed by atoms with Gasteiger partial charge in [-0.05, 0) is 80.0 Å². The first-order chi connectivity index (χ1) is 13.9. The fourth-order valence-electron chi connectivity index (χ4n) is 3.64. The number of halogens is 1. The number of amides is 1. The molecule has 0 atom stereocenters. The van der Waals surface area contributed by atoms with Crippen LogP contribution in [0.2, 0.25) is 5.02 Å². The maximum absolute atomic E-state index is 13.2. The molecule has 3 aromatic carbocycles. The first-order valence-corrected chi connectivity index (χ1v) is 10.2. The van der Waals surface area contributed by atoms with Crippen molar-refractivity contribution < 1.29 is 4.79 Å². The summed E-state index contributed by atoms with van der Waals surface area (Å²) in [6.07, 6.45) is 0.866. The first kappa shape index (κ1) is 19.6. The third-order valence-corrected chi connectivity index (χ3v) is 5.82. The zero-order chi connectivity index (χ0) is 20.6. The van der Waals surface area contributed by atoms with Crippen molar-refractivity contribution in [3.8, 4) is 0 Å². The fourth-order valence-corrected chi connectivity index (χ4v) is 4.29. The Bertz CT molecular complexity index is 1050. The molecule has 5 heteroatoms. The van der Waals surface area contributed by atoms with Crippen molar-refractivity contribution in [2.75, 3.05) is 9.80 Å². The molecular weight excluding hydrogens is 400 g/mol. The number of hydrogen-bond donors (Lipinski definition) is 0. The van der Waals surface area contributed by atoms with Crippen LogP contribution in [0.3, 0.4) is 0 Å². The van der Waals surface area contributed by atoms with Crippen LogP contribution in [0.25, 0.3) is 0 Å². The van der Waals surface area contributed by atoms with Gasteiger partial charge in [-0.15, -0.1) is 0 Å². The van der Waals surface area contributed by atoms with Gasteiger partial charge >= 0.3 is 0 Å².